The van der Waals surface area contributed by atoms with Crippen LogP contribution in [0.15, 0.2) is 42.5 Å². The summed E-state index contributed by atoms with van der Waals surface area (Å²) in [7, 11) is 1.68. The molecule has 0 aliphatic heterocycles. The van der Waals surface area contributed by atoms with Gasteiger partial charge in [0.25, 0.3) is 0 Å². The molecular formula is C19H22F3NO. The van der Waals surface area contributed by atoms with Crippen LogP contribution >= 0.6 is 0 Å². The third-order valence-electron chi connectivity index (χ3n) is 3.59. The molecule has 2 rings (SSSR count). The highest BCUT2D eigenvalue weighted by Gasteiger charge is 2.32. The third kappa shape index (κ3) is 5.27. The molecule has 0 fully saturated rings. The van der Waals surface area contributed by atoms with Crippen molar-refractivity contribution in [3.05, 3.63) is 53.6 Å². The number of hydrogen-bond donors (Lipinski definition) is 1. The zero-order valence-electron chi connectivity index (χ0n) is 14.1. The van der Waals surface area contributed by atoms with Crippen LogP contribution in [0.3, 0.4) is 0 Å². The monoisotopic (exact) mass is 337 g/mol. The van der Waals surface area contributed by atoms with E-state index in [9.17, 15) is 13.2 Å². The summed E-state index contributed by atoms with van der Waals surface area (Å²) in [5, 5.41) is 2.85. The van der Waals surface area contributed by atoms with Crippen LogP contribution in [0.1, 0.15) is 25.0 Å². The van der Waals surface area contributed by atoms with Gasteiger partial charge in [-0.1, -0.05) is 50.2 Å². The average Bonchev–Trinajstić information content (AvgIpc) is 2.48. The van der Waals surface area contributed by atoms with Gasteiger partial charge in [0.05, 0.1) is 0 Å². The highest BCUT2D eigenvalue weighted by Crippen LogP contribution is 2.31. The fourth-order valence-electron chi connectivity index (χ4n) is 2.59. The van der Waals surface area contributed by atoms with E-state index >= 15 is 0 Å². The lowest BCUT2D eigenvalue weighted by Crippen LogP contribution is -2.19. The number of ether oxygens (including phenoxy) is 1. The van der Waals surface area contributed by atoms with Gasteiger partial charge in [-0.2, -0.15) is 0 Å². The summed E-state index contributed by atoms with van der Waals surface area (Å²) >= 11 is 0. The number of hydrogen-bond acceptors (Lipinski definition) is 2. The Hall–Kier alpha value is -2.01. The number of nitrogens with one attached hydrogen (secondary N) is 1. The Morgan fingerprint density at radius 2 is 1.62 bits per heavy atom. The molecule has 0 bridgehead atoms. The van der Waals surface area contributed by atoms with Crippen LogP contribution in [0, 0.1) is 5.92 Å². The van der Waals surface area contributed by atoms with Crippen molar-refractivity contribution >= 4 is 0 Å². The molecule has 5 heteroatoms. The largest absolute Gasteiger partial charge is 0.573 e. The average molecular weight is 337 g/mol. The van der Waals surface area contributed by atoms with E-state index in [1.54, 1.807) is 13.1 Å². The SMILES string of the molecule is CNCc1ccc(-c2ccc(CC(C)C)cc2)cc1OC(F)(F)F. The Balaban J connectivity index is 2.31. The molecule has 2 nitrogen and oxygen atoms in total. The molecule has 24 heavy (non-hydrogen) atoms. The number of benzene rings is 2. The molecule has 0 radical (unpaired) electrons. The molecule has 0 saturated heterocycles. The van der Waals surface area contributed by atoms with Gasteiger partial charge in [0.2, 0.25) is 0 Å². The molecule has 0 amide bonds. The van der Waals surface area contributed by atoms with Gasteiger partial charge < -0.3 is 10.1 Å². The second-order valence-electron chi connectivity index (χ2n) is 6.20. The van der Waals surface area contributed by atoms with Crippen LogP contribution in [0.2, 0.25) is 0 Å². The van der Waals surface area contributed by atoms with Crippen molar-refractivity contribution in [3.8, 4) is 16.9 Å². The van der Waals surface area contributed by atoms with Gasteiger partial charge in [-0.3, -0.25) is 0 Å². The van der Waals surface area contributed by atoms with Gasteiger partial charge in [0.15, 0.2) is 0 Å². The van der Waals surface area contributed by atoms with Gasteiger partial charge >= 0.3 is 6.36 Å². The Kier molecular flexibility index (Phi) is 5.89. The van der Waals surface area contributed by atoms with Crippen molar-refractivity contribution in [1.29, 1.82) is 0 Å². The number of alkyl halides is 3. The van der Waals surface area contributed by atoms with Crippen LogP contribution in [0.5, 0.6) is 5.75 Å². The predicted octanol–water partition coefficient (Wildman–Crippen LogP) is 5.17. The van der Waals surface area contributed by atoms with Gasteiger partial charge in [0, 0.05) is 12.1 Å². The van der Waals surface area contributed by atoms with Crippen LogP contribution < -0.4 is 10.1 Å². The van der Waals surface area contributed by atoms with Crippen molar-refractivity contribution in [3.63, 3.8) is 0 Å². The topological polar surface area (TPSA) is 21.3 Å². The maximum atomic E-state index is 12.6. The van der Waals surface area contributed by atoms with Gasteiger partial charge in [0.1, 0.15) is 5.75 Å². The Labute approximate surface area is 140 Å². The molecule has 0 spiro atoms. The van der Waals surface area contributed by atoms with Crippen molar-refractivity contribution in [2.75, 3.05) is 7.05 Å². The first-order valence-corrected chi connectivity index (χ1v) is 7.91. The Morgan fingerprint density at radius 1 is 1.00 bits per heavy atom. The van der Waals surface area contributed by atoms with E-state index in [1.165, 1.54) is 11.6 Å². The first-order valence-electron chi connectivity index (χ1n) is 7.91. The molecular weight excluding hydrogens is 315 g/mol. The molecule has 0 aromatic heterocycles. The van der Waals surface area contributed by atoms with E-state index in [-0.39, 0.29) is 5.75 Å². The molecule has 0 aliphatic carbocycles. The van der Waals surface area contributed by atoms with E-state index < -0.39 is 6.36 Å². The summed E-state index contributed by atoms with van der Waals surface area (Å²) in [6.45, 7) is 4.60. The Bertz CT molecular complexity index is 663. The third-order valence-corrected chi connectivity index (χ3v) is 3.59. The minimum Gasteiger partial charge on any atom is -0.405 e. The molecule has 1 N–H and O–H groups in total. The summed E-state index contributed by atoms with van der Waals surface area (Å²) in [5.41, 5.74) is 3.25. The van der Waals surface area contributed by atoms with E-state index in [2.05, 4.69) is 23.9 Å². The fourth-order valence-corrected chi connectivity index (χ4v) is 2.59. The summed E-state index contributed by atoms with van der Waals surface area (Å²) in [4.78, 5) is 0. The molecule has 0 aliphatic rings. The summed E-state index contributed by atoms with van der Waals surface area (Å²) in [5.74, 6) is 0.393. The minimum atomic E-state index is -4.71. The molecule has 2 aromatic rings. The standard InChI is InChI=1S/C19H22F3NO/c1-13(2)10-14-4-6-15(7-5-14)16-8-9-17(12-23-3)18(11-16)24-19(20,21)22/h4-9,11,13,23H,10,12H2,1-3H3. The molecule has 0 unspecified atom stereocenters. The van der Waals surface area contributed by atoms with Gasteiger partial charge in [-0.05, 0) is 42.1 Å². The molecule has 2 aromatic carbocycles. The first kappa shape index (κ1) is 18.3. The predicted molar refractivity (Wildman–Crippen MR) is 89.9 cm³/mol. The normalized spacial score (nSPS) is 11.8. The van der Waals surface area contributed by atoms with E-state index in [1.807, 2.05) is 30.3 Å². The Morgan fingerprint density at radius 3 is 2.17 bits per heavy atom. The highest BCUT2D eigenvalue weighted by molar-refractivity contribution is 5.66. The second-order valence-corrected chi connectivity index (χ2v) is 6.20. The smallest absolute Gasteiger partial charge is 0.405 e. The summed E-state index contributed by atoms with van der Waals surface area (Å²) in [6, 6.07) is 12.8. The lowest BCUT2D eigenvalue weighted by Gasteiger charge is -2.15. The lowest BCUT2D eigenvalue weighted by atomic mass is 9.98. The van der Waals surface area contributed by atoms with Crippen LogP contribution in [-0.2, 0) is 13.0 Å². The fraction of sp³-hybridized carbons (Fsp3) is 0.368. The van der Waals surface area contributed by atoms with Gasteiger partial charge in [-0.15, -0.1) is 13.2 Å². The van der Waals surface area contributed by atoms with E-state index in [0.717, 1.165) is 12.0 Å². The second kappa shape index (κ2) is 7.71. The number of halogens is 3. The molecule has 0 saturated carbocycles. The van der Waals surface area contributed by atoms with Crippen LogP contribution in [0.25, 0.3) is 11.1 Å². The van der Waals surface area contributed by atoms with Crippen molar-refractivity contribution in [1.82, 2.24) is 5.32 Å². The maximum absolute atomic E-state index is 12.6. The number of rotatable bonds is 6. The molecule has 0 heterocycles. The van der Waals surface area contributed by atoms with Crippen molar-refractivity contribution in [2.24, 2.45) is 5.92 Å². The first-order chi connectivity index (χ1) is 11.3. The van der Waals surface area contributed by atoms with E-state index in [0.29, 0.717) is 23.6 Å². The van der Waals surface area contributed by atoms with Gasteiger partial charge in [-0.25, -0.2) is 0 Å². The highest BCUT2D eigenvalue weighted by atomic mass is 19.4. The quantitative estimate of drug-likeness (QED) is 0.785. The van der Waals surface area contributed by atoms with Crippen molar-refractivity contribution in [2.45, 2.75) is 33.2 Å². The summed E-state index contributed by atoms with van der Waals surface area (Å²) in [6.07, 6.45) is -3.73. The zero-order chi connectivity index (χ0) is 17.7. The summed E-state index contributed by atoms with van der Waals surface area (Å²) < 4.78 is 42.1. The molecule has 0 atom stereocenters. The van der Waals surface area contributed by atoms with Crippen LogP contribution in [0.4, 0.5) is 13.2 Å². The van der Waals surface area contributed by atoms with Crippen LogP contribution in [-0.4, -0.2) is 13.4 Å². The van der Waals surface area contributed by atoms with E-state index in [4.69, 9.17) is 0 Å². The zero-order valence-corrected chi connectivity index (χ0v) is 14.1. The van der Waals surface area contributed by atoms with Crippen molar-refractivity contribution < 1.29 is 17.9 Å². The maximum Gasteiger partial charge on any atom is 0.573 e. The molecule has 130 valence electrons. The minimum absolute atomic E-state index is 0.166. The lowest BCUT2D eigenvalue weighted by molar-refractivity contribution is -0.274.